The Bertz CT molecular complexity index is 1290. The molecule has 1 saturated heterocycles. The van der Waals surface area contributed by atoms with Crippen LogP contribution in [0.1, 0.15) is 39.8 Å². The number of aliphatic hydroxyl groups excluding tert-OH is 1. The number of hydrogen-bond acceptors (Lipinski definition) is 10. The van der Waals surface area contributed by atoms with Crippen molar-refractivity contribution in [2.45, 2.75) is 69.2 Å². The lowest BCUT2D eigenvalue weighted by Gasteiger charge is -2.28. The number of benzene rings is 1. The van der Waals surface area contributed by atoms with E-state index in [-0.39, 0.29) is 5.75 Å². The lowest BCUT2D eigenvalue weighted by molar-refractivity contribution is -0.151. The third-order valence-corrected chi connectivity index (χ3v) is 7.96. The number of ether oxygens (including phenoxy) is 2. The Hall–Kier alpha value is -2.80. The number of hydrogen-bond donors (Lipinski definition) is 4. The maximum atomic E-state index is 13.7. The molecule has 2 fully saturated rings. The summed E-state index contributed by atoms with van der Waals surface area (Å²) in [6.45, 7) is 4.27. The molecule has 5 N–H and O–H groups in total. The number of rotatable bonds is 10. The van der Waals surface area contributed by atoms with Crippen molar-refractivity contribution in [1.29, 1.82) is 0 Å². The molecule has 0 radical (unpaired) electrons. The van der Waals surface area contributed by atoms with Crippen LogP contribution in [0.15, 0.2) is 52.2 Å². The molecule has 2 heterocycles. The van der Waals surface area contributed by atoms with Crippen LogP contribution in [-0.4, -0.2) is 56.6 Å². The second-order valence-electron chi connectivity index (χ2n) is 9.77. The first-order chi connectivity index (χ1) is 17.3. The van der Waals surface area contributed by atoms with Crippen molar-refractivity contribution >= 4 is 13.7 Å². The SMILES string of the molecule is C[C@H](NP(=O)(OC[C@H]1O[C@@H](n2ccc(=O)[nH]c2=O)[C@](C)(N)[C@@H]1O)Oc1ccccc1)C(=O)OC1(C)CC1. The molecule has 2 aromatic rings. The Labute approximate surface area is 212 Å². The fraction of sp³-hybridized carbons (Fsp3) is 0.522. The van der Waals surface area contributed by atoms with Crippen molar-refractivity contribution in [2.24, 2.45) is 5.73 Å². The highest BCUT2D eigenvalue weighted by Gasteiger charge is 2.53. The number of para-hydroxylation sites is 1. The number of nitrogens with two attached hydrogens (primary N) is 1. The number of nitrogens with one attached hydrogen (secondary N) is 2. The maximum absolute atomic E-state index is 13.7. The van der Waals surface area contributed by atoms with E-state index in [0.717, 1.165) is 23.5 Å². The molecule has 1 unspecified atom stereocenters. The number of aromatic nitrogens is 2. The Morgan fingerprint density at radius 1 is 1.30 bits per heavy atom. The summed E-state index contributed by atoms with van der Waals surface area (Å²) < 4.78 is 37.2. The van der Waals surface area contributed by atoms with Gasteiger partial charge in [0.2, 0.25) is 0 Å². The van der Waals surface area contributed by atoms with E-state index in [9.17, 15) is 24.1 Å². The van der Waals surface area contributed by atoms with E-state index in [4.69, 9.17) is 24.3 Å². The van der Waals surface area contributed by atoms with Gasteiger partial charge in [-0.3, -0.25) is 23.7 Å². The van der Waals surface area contributed by atoms with Gasteiger partial charge in [-0.15, -0.1) is 0 Å². The zero-order valence-electron chi connectivity index (χ0n) is 20.7. The van der Waals surface area contributed by atoms with E-state index in [0.29, 0.717) is 0 Å². The van der Waals surface area contributed by atoms with Gasteiger partial charge in [-0.05, 0) is 45.7 Å². The van der Waals surface area contributed by atoms with Crippen LogP contribution in [0.4, 0.5) is 0 Å². The van der Waals surface area contributed by atoms with Crippen molar-refractivity contribution in [3.8, 4) is 5.75 Å². The Balaban J connectivity index is 1.50. The van der Waals surface area contributed by atoms with Crippen LogP contribution in [0.2, 0.25) is 0 Å². The zero-order valence-corrected chi connectivity index (χ0v) is 21.6. The minimum Gasteiger partial charge on any atom is -0.458 e. The molecule has 1 aromatic carbocycles. The highest BCUT2D eigenvalue weighted by molar-refractivity contribution is 7.52. The van der Waals surface area contributed by atoms with Crippen molar-refractivity contribution in [2.75, 3.05) is 6.61 Å². The summed E-state index contributed by atoms with van der Waals surface area (Å²) in [4.78, 5) is 38.3. The van der Waals surface area contributed by atoms with Crippen molar-refractivity contribution in [1.82, 2.24) is 14.6 Å². The second-order valence-corrected chi connectivity index (χ2v) is 11.5. The summed E-state index contributed by atoms with van der Waals surface area (Å²) in [7, 11) is -4.22. The lowest BCUT2D eigenvalue weighted by atomic mass is 9.93. The van der Waals surface area contributed by atoms with Gasteiger partial charge < -0.3 is 24.8 Å². The molecule has 1 aliphatic heterocycles. The van der Waals surface area contributed by atoms with E-state index in [1.165, 1.54) is 20.0 Å². The van der Waals surface area contributed by atoms with Gasteiger partial charge in [0.05, 0.1) is 12.1 Å². The molecule has 0 amide bonds. The fourth-order valence-electron chi connectivity index (χ4n) is 3.82. The molecule has 37 heavy (non-hydrogen) atoms. The molecule has 0 spiro atoms. The third kappa shape index (κ3) is 6.20. The van der Waals surface area contributed by atoms with Gasteiger partial charge in [-0.1, -0.05) is 18.2 Å². The molecular weight excluding hydrogens is 507 g/mol. The van der Waals surface area contributed by atoms with Crippen LogP contribution in [0.25, 0.3) is 0 Å². The maximum Gasteiger partial charge on any atom is 0.459 e. The van der Waals surface area contributed by atoms with Crippen molar-refractivity contribution in [3.05, 3.63) is 63.4 Å². The molecule has 0 bridgehead atoms. The quantitative estimate of drug-likeness (QED) is 0.248. The first-order valence-corrected chi connectivity index (χ1v) is 13.3. The van der Waals surface area contributed by atoms with Gasteiger partial charge in [-0.25, -0.2) is 9.36 Å². The molecule has 1 aromatic heterocycles. The predicted molar refractivity (Wildman–Crippen MR) is 131 cm³/mol. The van der Waals surface area contributed by atoms with Gasteiger partial charge in [0, 0.05) is 12.3 Å². The van der Waals surface area contributed by atoms with Gasteiger partial charge in [-0.2, -0.15) is 5.09 Å². The topological polar surface area (TPSA) is 184 Å². The number of H-pyrrole nitrogens is 1. The highest BCUT2D eigenvalue weighted by Crippen LogP contribution is 2.47. The van der Waals surface area contributed by atoms with Crippen LogP contribution in [-0.2, 0) is 23.4 Å². The minimum atomic E-state index is -4.22. The van der Waals surface area contributed by atoms with E-state index in [1.807, 2.05) is 0 Å². The smallest absolute Gasteiger partial charge is 0.458 e. The lowest BCUT2D eigenvalue weighted by Crippen LogP contribution is -2.53. The van der Waals surface area contributed by atoms with E-state index in [2.05, 4.69) is 10.1 Å². The molecule has 13 nitrogen and oxygen atoms in total. The number of carbonyl (C=O) groups excluding carboxylic acids is 1. The zero-order chi connectivity index (χ0) is 27.0. The first-order valence-electron chi connectivity index (χ1n) is 11.8. The van der Waals surface area contributed by atoms with Gasteiger partial charge in [0.15, 0.2) is 6.23 Å². The fourth-order valence-corrected chi connectivity index (χ4v) is 5.32. The van der Waals surface area contributed by atoms with Crippen LogP contribution in [0.3, 0.4) is 0 Å². The Morgan fingerprint density at radius 3 is 2.59 bits per heavy atom. The Morgan fingerprint density at radius 2 is 1.97 bits per heavy atom. The normalized spacial score (nSPS) is 28.7. The van der Waals surface area contributed by atoms with E-state index < -0.39 is 67.2 Å². The largest absolute Gasteiger partial charge is 0.459 e. The predicted octanol–water partition coefficient (Wildman–Crippen LogP) is 0.790. The summed E-state index contributed by atoms with van der Waals surface area (Å²) in [5, 5.41) is 13.4. The van der Waals surface area contributed by atoms with Crippen molar-refractivity contribution < 1.29 is 33.0 Å². The van der Waals surface area contributed by atoms with Gasteiger partial charge in [0.25, 0.3) is 5.56 Å². The van der Waals surface area contributed by atoms with Gasteiger partial charge >= 0.3 is 19.4 Å². The molecular formula is C23H31N4O9P. The van der Waals surface area contributed by atoms with E-state index >= 15 is 0 Å². The molecule has 14 heteroatoms. The number of nitrogens with zero attached hydrogens (tertiary/aromatic N) is 1. The summed E-state index contributed by atoms with van der Waals surface area (Å²) in [6, 6.07) is 8.26. The van der Waals surface area contributed by atoms with Crippen LogP contribution >= 0.6 is 7.75 Å². The molecule has 6 atom stereocenters. The van der Waals surface area contributed by atoms with Gasteiger partial charge in [0.1, 0.15) is 29.6 Å². The standard InChI is InChI=1S/C23H31N4O9P/c1-14(19(30)35-22(2)10-11-22)26-37(32,36-15-7-5-4-6-8-15)33-13-16-18(29)23(3,24)20(34-16)27-12-9-17(28)25-21(27)31/h4-9,12,14,16,18,20,29H,10-11,13,24H2,1-3H3,(H,26,32)(H,25,28,31)/t14-,16+,18+,20+,23+,37?/m0/s1. The second kappa shape index (κ2) is 10.2. The average molecular weight is 538 g/mol. The first kappa shape index (κ1) is 27.2. The third-order valence-electron chi connectivity index (χ3n) is 6.31. The van der Waals surface area contributed by atoms with Crippen LogP contribution < -0.4 is 26.6 Å². The molecule has 202 valence electrons. The number of aliphatic hydroxyl groups is 1. The molecule has 1 saturated carbocycles. The minimum absolute atomic E-state index is 0.210. The average Bonchev–Trinajstić information content (AvgIpc) is 3.50. The summed E-state index contributed by atoms with van der Waals surface area (Å²) in [5.74, 6) is -0.410. The summed E-state index contributed by atoms with van der Waals surface area (Å²) in [6.07, 6.45) is -0.982. The van der Waals surface area contributed by atoms with E-state index in [1.54, 1.807) is 37.3 Å². The monoisotopic (exact) mass is 538 g/mol. The number of aromatic amines is 1. The van der Waals surface area contributed by atoms with Crippen LogP contribution in [0, 0.1) is 0 Å². The summed E-state index contributed by atoms with van der Waals surface area (Å²) >= 11 is 0. The molecule has 2 aliphatic rings. The van der Waals surface area contributed by atoms with Crippen LogP contribution in [0.5, 0.6) is 5.75 Å². The molecule has 1 aliphatic carbocycles. The van der Waals surface area contributed by atoms with Crippen molar-refractivity contribution in [3.63, 3.8) is 0 Å². The summed E-state index contributed by atoms with van der Waals surface area (Å²) in [5.41, 5.74) is 2.89. The number of carbonyl (C=O) groups is 1. The number of esters is 1. The molecule has 4 rings (SSSR count). The Kier molecular flexibility index (Phi) is 7.48. The highest BCUT2D eigenvalue weighted by atomic mass is 31.2.